The molecule has 3 rings (SSSR count). The largest absolute Gasteiger partial charge is 0.477 e. The monoisotopic (exact) mass is 366 g/mol. The third-order valence-corrected chi connectivity index (χ3v) is 4.78. The smallest absolute Gasteiger partial charge is 0.352 e. The molecule has 9 heteroatoms. The number of sulfone groups is 1. The van der Waals surface area contributed by atoms with Gasteiger partial charge in [-0.25, -0.2) is 27.0 Å². The lowest BCUT2D eigenvalue weighted by Crippen LogP contribution is -2.11. The molecule has 1 aromatic carbocycles. The molecule has 0 unspecified atom stereocenters. The van der Waals surface area contributed by atoms with E-state index in [2.05, 4.69) is 4.98 Å². The summed E-state index contributed by atoms with van der Waals surface area (Å²) in [4.78, 5) is 15.4. The molecule has 6 nitrogen and oxygen atoms in total. The van der Waals surface area contributed by atoms with Crippen molar-refractivity contribution in [1.29, 1.82) is 0 Å². The van der Waals surface area contributed by atoms with Gasteiger partial charge in [0.15, 0.2) is 9.84 Å². The van der Waals surface area contributed by atoms with Crippen LogP contribution < -0.4 is 0 Å². The highest BCUT2D eigenvalue weighted by Crippen LogP contribution is 2.23. The Morgan fingerprint density at radius 2 is 1.96 bits per heavy atom. The van der Waals surface area contributed by atoms with Gasteiger partial charge in [0.2, 0.25) is 0 Å². The molecule has 0 fully saturated rings. The van der Waals surface area contributed by atoms with Gasteiger partial charge in [-0.1, -0.05) is 6.07 Å². The molecule has 2 aromatic heterocycles. The lowest BCUT2D eigenvalue weighted by molar-refractivity contribution is 0.0686. The molecule has 0 saturated heterocycles. The van der Waals surface area contributed by atoms with Crippen LogP contribution in [-0.2, 0) is 16.4 Å². The molecule has 25 heavy (non-hydrogen) atoms. The standard InChI is InChI=1S/C16H12F2N2O4S/c1-25(23,24)12-4-10-5-14(16(21)22)20(15(10)19-7-12)8-9-2-3-11(17)6-13(9)18/h2-7H,8H2,1H3,(H,21,22). The van der Waals surface area contributed by atoms with E-state index in [1.54, 1.807) is 0 Å². The molecule has 0 atom stereocenters. The Labute approximate surface area is 141 Å². The van der Waals surface area contributed by atoms with Gasteiger partial charge < -0.3 is 9.67 Å². The minimum Gasteiger partial charge on any atom is -0.477 e. The van der Waals surface area contributed by atoms with E-state index in [1.807, 2.05) is 0 Å². The quantitative estimate of drug-likeness (QED) is 0.766. The number of hydrogen-bond donors (Lipinski definition) is 1. The minimum absolute atomic E-state index is 0.0537. The number of halogens is 2. The van der Waals surface area contributed by atoms with E-state index in [9.17, 15) is 27.1 Å². The number of aromatic carboxylic acids is 1. The van der Waals surface area contributed by atoms with Crippen molar-refractivity contribution >= 4 is 26.8 Å². The number of carboxylic acid groups (broad SMARTS) is 1. The fourth-order valence-corrected chi connectivity index (χ4v) is 3.07. The molecule has 0 spiro atoms. The van der Waals surface area contributed by atoms with Crippen molar-refractivity contribution in [3.8, 4) is 0 Å². The highest BCUT2D eigenvalue weighted by Gasteiger charge is 2.19. The van der Waals surface area contributed by atoms with Crippen LogP contribution in [0, 0.1) is 11.6 Å². The molecule has 130 valence electrons. The summed E-state index contributed by atoms with van der Waals surface area (Å²) >= 11 is 0. The Bertz CT molecular complexity index is 1110. The van der Waals surface area contributed by atoms with Gasteiger partial charge in [-0.05, 0) is 18.2 Å². The first-order valence-corrected chi connectivity index (χ1v) is 8.92. The molecule has 1 N–H and O–H groups in total. The predicted molar refractivity (Wildman–Crippen MR) is 85.3 cm³/mol. The highest BCUT2D eigenvalue weighted by molar-refractivity contribution is 7.90. The van der Waals surface area contributed by atoms with Crippen LogP contribution in [0.1, 0.15) is 16.1 Å². The van der Waals surface area contributed by atoms with Crippen LogP contribution >= 0.6 is 0 Å². The topological polar surface area (TPSA) is 89.3 Å². The minimum atomic E-state index is -3.51. The number of pyridine rings is 1. The summed E-state index contributed by atoms with van der Waals surface area (Å²) in [6.45, 7) is -0.192. The lowest BCUT2D eigenvalue weighted by atomic mass is 10.2. The molecule has 2 heterocycles. The Morgan fingerprint density at radius 3 is 2.56 bits per heavy atom. The number of fused-ring (bicyclic) bond motifs is 1. The number of rotatable bonds is 4. The van der Waals surface area contributed by atoms with Crippen LogP contribution in [0.15, 0.2) is 41.4 Å². The van der Waals surface area contributed by atoms with Crippen LogP contribution in [-0.4, -0.2) is 35.3 Å². The van der Waals surface area contributed by atoms with Gasteiger partial charge in [0.1, 0.15) is 23.0 Å². The fourth-order valence-electron chi connectivity index (χ4n) is 2.49. The highest BCUT2D eigenvalue weighted by atomic mass is 32.2. The van der Waals surface area contributed by atoms with Crippen LogP contribution in [0.5, 0.6) is 0 Å². The van der Waals surface area contributed by atoms with Gasteiger partial charge in [0, 0.05) is 29.5 Å². The Kier molecular flexibility index (Phi) is 4.03. The third-order valence-electron chi connectivity index (χ3n) is 3.70. The molecular weight excluding hydrogens is 354 g/mol. The van der Waals surface area contributed by atoms with E-state index in [4.69, 9.17) is 0 Å². The van der Waals surface area contributed by atoms with Crippen molar-refractivity contribution in [2.24, 2.45) is 0 Å². The Balaban J connectivity index is 2.18. The summed E-state index contributed by atoms with van der Waals surface area (Å²) in [5, 5.41) is 9.66. The summed E-state index contributed by atoms with van der Waals surface area (Å²) in [5.41, 5.74) is 0.0841. The molecule has 0 aliphatic rings. The molecule has 0 aliphatic heterocycles. The SMILES string of the molecule is CS(=O)(=O)c1cnc2c(c1)cc(C(=O)O)n2Cc1ccc(F)cc1F. The second kappa shape index (κ2) is 5.92. The van der Waals surface area contributed by atoms with E-state index in [0.717, 1.165) is 18.5 Å². The van der Waals surface area contributed by atoms with E-state index < -0.39 is 27.4 Å². The Hall–Kier alpha value is -2.81. The van der Waals surface area contributed by atoms with Crippen LogP contribution in [0.2, 0.25) is 0 Å². The number of carboxylic acids is 1. The summed E-state index contributed by atoms with van der Waals surface area (Å²) in [7, 11) is -3.51. The van der Waals surface area contributed by atoms with Crippen molar-refractivity contribution in [1.82, 2.24) is 9.55 Å². The maximum Gasteiger partial charge on any atom is 0.352 e. The van der Waals surface area contributed by atoms with Gasteiger partial charge in [-0.2, -0.15) is 0 Å². The van der Waals surface area contributed by atoms with Gasteiger partial charge >= 0.3 is 5.97 Å². The van der Waals surface area contributed by atoms with E-state index in [1.165, 1.54) is 22.8 Å². The van der Waals surface area contributed by atoms with E-state index >= 15 is 0 Å². The molecule has 0 bridgehead atoms. The van der Waals surface area contributed by atoms with E-state index in [0.29, 0.717) is 11.5 Å². The zero-order valence-electron chi connectivity index (χ0n) is 12.9. The summed E-state index contributed by atoms with van der Waals surface area (Å²) in [6.07, 6.45) is 2.12. The first-order valence-electron chi connectivity index (χ1n) is 7.03. The van der Waals surface area contributed by atoms with Crippen molar-refractivity contribution in [2.75, 3.05) is 6.26 Å². The first-order chi connectivity index (χ1) is 11.7. The predicted octanol–water partition coefficient (Wildman–Crippen LogP) is 2.46. The number of carbonyl (C=O) groups is 1. The third kappa shape index (κ3) is 3.22. The first kappa shape index (κ1) is 17.0. The number of hydrogen-bond acceptors (Lipinski definition) is 4. The maximum atomic E-state index is 13.9. The second-order valence-electron chi connectivity index (χ2n) is 5.51. The van der Waals surface area contributed by atoms with Gasteiger partial charge in [0.05, 0.1) is 11.4 Å². The summed E-state index contributed by atoms with van der Waals surface area (Å²) in [5.74, 6) is -2.83. The fraction of sp³-hybridized carbons (Fsp3) is 0.125. The average molecular weight is 366 g/mol. The molecule has 3 aromatic rings. The van der Waals surface area contributed by atoms with Crippen molar-refractivity contribution in [3.63, 3.8) is 0 Å². The van der Waals surface area contributed by atoms with Crippen LogP contribution in [0.3, 0.4) is 0 Å². The maximum absolute atomic E-state index is 13.9. The molecular formula is C16H12F2N2O4S. The van der Waals surface area contributed by atoms with Crippen LogP contribution in [0.4, 0.5) is 8.78 Å². The number of aromatic nitrogens is 2. The lowest BCUT2D eigenvalue weighted by Gasteiger charge is -2.09. The van der Waals surface area contributed by atoms with Crippen molar-refractivity contribution in [3.05, 3.63) is 59.4 Å². The van der Waals surface area contributed by atoms with Crippen LogP contribution in [0.25, 0.3) is 11.0 Å². The van der Waals surface area contributed by atoms with Crippen molar-refractivity contribution in [2.45, 2.75) is 11.4 Å². The molecule has 0 radical (unpaired) electrons. The average Bonchev–Trinajstić information content (AvgIpc) is 2.87. The summed E-state index contributed by atoms with van der Waals surface area (Å²) in [6, 6.07) is 5.56. The van der Waals surface area contributed by atoms with E-state index in [-0.39, 0.29) is 28.3 Å². The zero-order valence-corrected chi connectivity index (χ0v) is 13.7. The zero-order chi connectivity index (χ0) is 18.4. The second-order valence-corrected chi connectivity index (χ2v) is 7.53. The van der Waals surface area contributed by atoms with Crippen molar-refractivity contribution < 1.29 is 27.1 Å². The molecule has 0 aliphatic carbocycles. The van der Waals surface area contributed by atoms with Gasteiger partial charge in [0.25, 0.3) is 0 Å². The normalized spacial score (nSPS) is 11.8. The van der Waals surface area contributed by atoms with Gasteiger partial charge in [-0.15, -0.1) is 0 Å². The number of nitrogens with zero attached hydrogens (tertiary/aromatic N) is 2. The Morgan fingerprint density at radius 1 is 1.24 bits per heavy atom. The molecule has 0 amide bonds. The number of benzene rings is 1. The summed E-state index contributed by atoms with van der Waals surface area (Å²) < 4.78 is 51.4. The molecule has 0 saturated carbocycles. The van der Waals surface area contributed by atoms with Gasteiger partial charge in [-0.3, -0.25) is 0 Å².